The molecule has 0 unspecified atom stereocenters. The molecule has 0 aromatic heterocycles. The van der Waals surface area contributed by atoms with E-state index in [9.17, 15) is 5.11 Å². The SMILES string of the molecule is CCCc1cc(SC(C)(C)CC(C)(C)C)ccc1[O]. The second-order valence-electron chi connectivity index (χ2n) is 7.12. The van der Waals surface area contributed by atoms with Crippen molar-refractivity contribution in [1.29, 1.82) is 0 Å². The molecular formula is C17H27OS. The second kappa shape index (κ2) is 6.21. The maximum Gasteiger partial charge on any atom is 0.181 e. The van der Waals surface area contributed by atoms with Crippen LogP contribution in [-0.2, 0) is 11.5 Å². The van der Waals surface area contributed by atoms with E-state index in [-0.39, 0.29) is 10.5 Å². The van der Waals surface area contributed by atoms with Gasteiger partial charge in [-0.25, -0.2) is 0 Å². The van der Waals surface area contributed by atoms with Crippen LogP contribution in [0.25, 0.3) is 0 Å². The summed E-state index contributed by atoms with van der Waals surface area (Å²) in [5, 5.41) is 11.7. The van der Waals surface area contributed by atoms with Crippen molar-refractivity contribution < 1.29 is 5.11 Å². The maximum atomic E-state index is 11.7. The van der Waals surface area contributed by atoms with E-state index in [0.29, 0.717) is 5.41 Å². The molecule has 0 N–H and O–H groups in total. The Morgan fingerprint density at radius 2 is 1.74 bits per heavy atom. The van der Waals surface area contributed by atoms with E-state index < -0.39 is 0 Å². The first-order valence-electron chi connectivity index (χ1n) is 7.12. The molecule has 1 nitrogen and oxygen atoms in total. The highest BCUT2D eigenvalue weighted by atomic mass is 32.2. The molecule has 0 saturated heterocycles. The van der Waals surface area contributed by atoms with E-state index in [1.807, 2.05) is 17.8 Å². The van der Waals surface area contributed by atoms with Gasteiger partial charge < -0.3 is 0 Å². The Bertz CT molecular complexity index is 416. The molecule has 0 heterocycles. The Labute approximate surface area is 122 Å². The van der Waals surface area contributed by atoms with Crippen LogP contribution in [0.5, 0.6) is 5.75 Å². The van der Waals surface area contributed by atoms with Crippen LogP contribution in [0.15, 0.2) is 23.1 Å². The molecular weight excluding hydrogens is 252 g/mol. The number of aryl methyl sites for hydroxylation is 1. The van der Waals surface area contributed by atoms with Crippen molar-refractivity contribution in [2.24, 2.45) is 5.41 Å². The average Bonchev–Trinajstić information content (AvgIpc) is 2.19. The lowest BCUT2D eigenvalue weighted by Gasteiger charge is -2.32. The molecule has 1 aromatic carbocycles. The van der Waals surface area contributed by atoms with Gasteiger partial charge >= 0.3 is 0 Å². The van der Waals surface area contributed by atoms with Crippen LogP contribution in [0.4, 0.5) is 0 Å². The smallest absolute Gasteiger partial charge is 0.181 e. The number of thioether (sulfide) groups is 1. The summed E-state index contributed by atoms with van der Waals surface area (Å²) in [6.07, 6.45) is 3.05. The summed E-state index contributed by atoms with van der Waals surface area (Å²) in [6, 6.07) is 5.78. The Morgan fingerprint density at radius 3 is 2.26 bits per heavy atom. The zero-order chi connectivity index (χ0) is 14.7. The van der Waals surface area contributed by atoms with Crippen LogP contribution in [0.3, 0.4) is 0 Å². The monoisotopic (exact) mass is 279 g/mol. The van der Waals surface area contributed by atoms with Gasteiger partial charge in [0.2, 0.25) is 0 Å². The van der Waals surface area contributed by atoms with Gasteiger partial charge in [-0.2, -0.15) is 0 Å². The van der Waals surface area contributed by atoms with E-state index in [1.54, 1.807) is 6.07 Å². The molecule has 1 rings (SSSR count). The fraction of sp³-hybridized carbons (Fsp3) is 0.647. The lowest BCUT2D eigenvalue weighted by molar-refractivity contribution is 0.339. The molecule has 1 aromatic rings. The van der Waals surface area contributed by atoms with E-state index in [4.69, 9.17) is 0 Å². The average molecular weight is 279 g/mol. The fourth-order valence-electron chi connectivity index (χ4n) is 2.72. The Hall–Kier alpha value is -0.630. The first-order chi connectivity index (χ1) is 8.63. The minimum absolute atomic E-state index is 0.180. The zero-order valence-corrected chi connectivity index (χ0v) is 14.0. The third kappa shape index (κ3) is 5.90. The maximum absolute atomic E-state index is 11.7. The molecule has 0 amide bonds. The summed E-state index contributed by atoms with van der Waals surface area (Å²) >= 11 is 1.88. The first kappa shape index (κ1) is 16.4. The van der Waals surface area contributed by atoms with Crippen molar-refractivity contribution in [2.45, 2.75) is 70.4 Å². The highest BCUT2D eigenvalue weighted by Gasteiger charge is 2.26. The quantitative estimate of drug-likeness (QED) is 0.597. The van der Waals surface area contributed by atoms with E-state index in [1.165, 1.54) is 4.90 Å². The van der Waals surface area contributed by atoms with Crippen LogP contribution in [0.1, 0.15) is 59.9 Å². The van der Waals surface area contributed by atoms with Crippen molar-refractivity contribution in [3.8, 4) is 5.75 Å². The van der Waals surface area contributed by atoms with Crippen molar-refractivity contribution >= 4 is 11.8 Å². The van der Waals surface area contributed by atoms with Crippen LogP contribution in [-0.4, -0.2) is 4.75 Å². The number of rotatable bonds is 5. The summed E-state index contributed by atoms with van der Waals surface area (Å²) in [6.45, 7) is 13.5. The lowest BCUT2D eigenvalue weighted by Crippen LogP contribution is -2.23. The predicted molar refractivity (Wildman–Crippen MR) is 84.6 cm³/mol. The number of hydrogen-bond acceptors (Lipinski definition) is 1. The van der Waals surface area contributed by atoms with Crippen LogP contribution >= 0.6 is 11.8 Å². The third-order valence-corrected chi connectivity index (χ3v) is 4.09. The van der Waals surface area contributed by atoms with Gasteiger partial charge in [-0.15, -0.1) is 11.8 Å². The van der Waals surface area contributed by atoms with Gasteiger partial charge in [0, 0.05) is 15.2 Å². The molecule has 0 spiro atoms. The number of benzene rings is 1. The number of hydrogen-bond donors (Lipinski definition) is 0. The van der Waals surface area contributed by atoms with Gasteiger partial charge in [0.05, 0.1) is 0 Å². The van der Waals surface area contributed by atoms with Gasteiger partial charge in [0.15, 0.2) is 5.75 Å². The molecule has 0 atom stereocenters. The minimum atomic E-state index is 0.180. The zero-order valence-electron chi connectivity index (χ0n) is 13.2. The summed E-state index contributed by atoms with van der Waals surface area (Å²) in [7, 11) is 0. The Balaban J connectivity index is 2.84. The molecule has 0 fully saturated rings. The highest BCUT2D eigenvalue weighted by molar-refractivity contribution is 8.00. The van der Waals surface area contributed by atoms with Gasteiger partial charge in [-0.05, 0) is 36.5 Å². The van der Waals surface area contributed by atoms with Gasteiger partial charge in [-0.3, -0.25) is 5.11 Å². The highest BCUT2D eigenvalue weighted by Crippen LogP contribution is 2.41. The molecule has 0 bridgehead atoms. The largest absolute Gasteiger partial charge is 0.290 e. The van der Waals surface area contributed by atoms with E-state index in [0.717, 1.165) is 24.8 Å². The molecule has 2 heteroatoms. The van der Waals surface area contributed by atoms with E-state index in [2.05, 4.69) is 47.6 Å². The standard InChI is InChI=1S/C17H27OS/c1-7-8-13-11-14(9-10-15(13)18)19-17(5,6)12-16(2,3)4/h9-11H,7-8,12H2,1-6H3. The van der Waals surface area contributed by atoms with Crippen molar-refractivity contribution in [3.05, 3.63) is 23.8 Å². The molecule has 1 radical (unpaired) electrons. The Morgan fingerprint density at radius 1 is 1.11 bits per heavy atom. The summed E-state index contributed by atoms with van der Waals surface area (Å²) < 4.78 is 0.187. The summed E-state index contributed by atoms with van der Waals surface area (Å²) in [5.74, 6) is 0.180. The van der Waals surface area contributed by atoms with Gasteiger partial charge in [0.1, 0.15) is 0 Å². The van der Waals surface area contributed by atoms with Crippen LogP contribution in [0.2, 0.25) is 0 Å². The van der Waals surface area contributed by atoms with E-state index >= 15 is 0 Å². The van der Waals surface area contributed by atoms with Gasteiger partial charge in [0.25, 0.3) is 0 Å². The molecule has 0 saturated carbocycles. The molecule has 107 valence electrons. The molecule has 0 aliphatic heterocycles. The molecule has 0 aliphatic rings. The van der Waals surface area contributed by atoms with Crippen molar-refractivity contribution in [2.75, 3.05) is 0 Å². The van der Waals surface area contributed by atoms with Crippen LogP contribution in [0, 0.1) is 5.41 Å². The van der Waals surface area contributed by atoms with Crippen molar-refractivity contribution in [3.63, 3.8) is 0 Å². The second-order valence-corrected chi connectivity index (χ2v) is 8.90. The molecule has 19 heavy (non-hydrogen) atoms. The van der Waals surface area contributed by atoms with Crippen LogP contribution < -0.4 is 0 Å². The van der Waals surface area contributed by atoms with Crippen molar-refractivity contribution in [1.82, 2.24) is 0 Å². The molecule has 0 aliphatic carbocycles. The topological polar surface area (TPSA) is 19.9 Å². The lowest BCUT2D eigenvalue weighted by atomic mass is 9.86. The Kier molecular flexibility index (Phi) is 5.37. The normalized spacial score (nSPS) is 12.7. The minimum Gasteiger partial charge on any atom is -0.290 e. The fourth-order valence-corrected chi connectivity index (χ4v) is 4.20. The van der Waals surface area contributed by atoms with Gasteiger partial charge in [-0.1, -0.05) is 48.0 Å². The summed E-state index contributed by atoms with van der Waals surface area (Å²) in [5.41, 5.74) is 1.28. The first-order valence-corrected chi connectivity index (χ1v) is 7.93. The summed E-state index contributed by atoms with van der Waals surface area (Å²) in [4.78, 5) is 1.22. The third-order valence-electron chi connectivity index (χ3n) is 2.90. The predicted octanol–water partition coefficient (Wildman–Crippen LogP) is 6.09.